The van der Waals surface area contributed by atoms with Crippen LogP contribution in [0.15, 0.2) is 48.5 Å². The normalized spacial score (nSPS) is 17.0. The van der Waals surface area contributed by atoms with E-state index in [1.54, 1.807) is 0 Å². The van der Waals surface area contributed by atoms with Gasteiger partial charge < -0.3 is 14.4 Å². The van der Waals surface area contributed by atoms with Crippen LogP contribution < -0.4 is 4.74 Å². The van der Waals surface area contributed by atoms with Crippen LogP contribution in [0, 0.1) is 0 Å². The smallest absolute Gasteiger partial charge is 0.410 e. The second-order valence-corrected chi connectivity index (χ2v) is 8.21. The largest absolute Gasteiger partial charge is 0.489 e. The third-order valence-electron chi connectivity index (χ3n) is 4.69. The summed E-state index contributed by atoms with van der Waals surface area (Å²) in [6.07, 6.45) is 0.598. The zero-order chi connectivity index (χ0) is 19.4. The van der Waals surface area contributed by atoms with Crippen LogP contribution in [0.4, 0.5) is 4.79 Å². The van der Waals surface area contributed by atoms with E-state index in [4.69, 9.17) is 9.47 Å². The van der Waals surface area contributed by atoms with Crippen LogP contribution in [-0.2, 0) is 17.8 Å². The summed E-state index contributed by atoms with van der Waals surface area (Å²) >= 11 is 0. The monoisotopic (exact) mass is 367 g/mol. The summed E-state index contributed by atoms with van der Waals surface area (Å²) < 4.78 is 11.5. The number of hydrogen-bond donors (Lipinski definition) is 0. The fourth-order valence-corrected chi connectivity index (χ4v) is 3.36. The molecule has 3 rings (SSSR count). The Kier molecular flexibility index (Phi) is 5.73. The van der Waals surface area contributed by atoms with Crippen LogP contribution in [0.2, 0.25) is 0 Å². The number of hydrogen-bond acceptors (Lipinski definition) is 3. The molecule has 27 heavy (non-hydrogen) atoms. The average molecular weight is 367 g/mol. The van der Waals surface area contributed by atoms with Crippen molar-refractivity contribution in [1.29, 1.82) is 0 Å². The molecule has 0 radical (unpaired) electrons. The molecule has 0 aromatic heterocycles. The first-order chi connectivity index (χ1) is 12.8. The van der Waals surface area contributed by atoms with Gasteiger partial charge in [-0.05, 0) is 61.9 Å². The Morgan fingerprint density at radius 1 is 1.15 bits per heavy atom. The van der Waals surface area contributed by atoms with Crippen LogP contribution in [0.5, 0.6) is 5.75 Å². The third-order valence-corrected chi connectivity index (χ3v) is 4.69. The summed E-state index contributed by atoms with van der Waals surface area (Å²) in [6, 6.07) is 16.4. The Morgan fingerprint density at radius 3 is 2.59 bits per heavy atom. The summed E-state index contributed by atoms with van der Waals surface area (Å²) in [5, 5.41) is 0. The van der Waals surface area contributed by atoms with E-state index in [1.165, 1.54) is 11.1 Å². The summed E-state index contributed by atoms with van der Waals surface area (Å²) in [6.45, 7) is 9.74. The summed E-state index contributed by atoms with van der Waals surface area (Å²) in [4.78, 5) is 14.3. The van der Waals surface area contributed by atoms with Crippen molar-refractivity contribution in [2.75, 3.05) is 13.1 Å². The summed E-state index contributed by atoms with van der Waals surface area (Å²) in [5.74, 6) is 1.10. The molecule has 0 bridgehead atoms. The van der Waals surface area contributed by atoms with E-state index in [0.29, 0.717) is 19.7 Å². The van der Waals surface area contributed by atoms with Crippen molar-refractivity contribution >= 4 is 6.09 Å². The molecule has 1 heterocycles. The molecule has 144 valence electrons. The molecular weight excluding hydrogens is 338 g/mol. The second kappa shape index (κ2) is 8.03. The van der Waals surface area contributed by atoms with Crippen molar-refractivity contribution in [3.8, 4) is 5.75 Å². The maximum absolute atomic E-state index is 12.5. The first-order valence-corrected chi connectivity index (χ1v) is 9.59. The first kappa shape index (κ1) is 19.3. The van der Waals surface area contributed by atoms with Gasteiger partial charge in [-0.3, -0.25) is 0 Å². The number of ether oxygens (including phenoxy) is 2. The third kappa shape index (κ3) is 5.25. The average Bonchev–Trinajstić information content (AvgIpc) is 2.79. The van der Waals surface area contributed by atoms with Crippen LogP contribution in [0.3, 0.4) is 0 Å². The highest BCUT2D eigenvalue weighted by molar-refractivity contribution is 5.68. The van der Waals surface area contributed by atoms with Gasteiger partial charge in [-0.15, -0.1) is 0 Å². The van der Waals surface area contributed by atoms with Gasteiger partial charge in [0.05, 0.1) is 0 Å². The van der Waals surface area contributed by atoms with E-state index in [0.717, 1.165) is 17.7 Å². The van der Waals surface area contributed by atoms with E-state index >= 15 is 0 Å². The Bertz CT molecular complexity index is 780. The van der Waals surface area contributed by atoms with Gasteiger partial charge in [-0.25, -0.2) is 4.79 Å². The molecule has 0 N–H and O–H groups in total. The van der Waals surface area contributed by atoms with Crippen molar-refractivity contribution in [1.82, 2.24) is 4.90 Å². The zero-order valence-corrected chi connectivity index (χ0v) is 16.7. The predicted molar refractivity (Wildman–Crippen MR) is 107 cm³/mol. The van der Waals surface area contributed by atoms with Gasteiger partial charge in [-0.1, -0.05) is 43.3 Å². The maximum Gasteiger partial charge on any atom is 0.410 e. The lowest BCUT2D eigenvalue weighted by Crippen LogP contribution is -2.38. The maximum atomic E-state index is 12.5. The van der Waals surface area contributed by atoms with Gasteiger partial charge >= 0.3 is 6.09 Å². The van der Waals surface area contributed by atoms with Gasteiger partial charge in [0.15, 0.2) is 0 Å². The van der Waals surface area contributed by atoms with Gasteiger partial charge in [0.25, 0.3) is 0 Å². The minimum Gasteiger partial charge on any atom is -0.489 e. The number of carbonyl (C=O) groups excluding carboxylic acids is 1. The van der Waals surface area contributed by atoms with Crippen LogP contribution in [0.25, 0.3) is 0 Å². The molecule has 1 atom stereocenters. The predicted octanol–water partition coefficient (Wildman–Crippen LogP) is 5.16. The Morgan fingerprint density at radius 2 is 1.89 bits per heavy atom. The van der Waals surface area contributed by atoms with Crippen LogP contribution >= 0.6 is 0 Å². The fourth-order valence-electron chi connectivity index (χ4n) is 3.36. The Balaban J connectivity index is 1.69. The molecular formula is C23H29NO3. The van der Waals surface area contributed by atoms with Crippen molar-refractivity contribution in [3.05, 3.63) is 65.2 Å². The standard InChI is InChI=1S/C23H29NO3/c1-17-15-24(22(25)27-23(2,3)4)13-12-19-10-11-20(14-21(17)19)26-16-18-8-6-5-7-9-18/h5-11,14,17H,12-13,15-16H2,1-4H3/t17-/m0/s1. The Hall–Kier alpha value is -2.49. The van der Waals surface area contributed by atoms with E-state index in [1.807, 2.05) is 49.9 Å². The highest BCUT2D eigenvalue weighted by atomic mass is 16.6. The number of rotatable bonds is 3. The lowest BCUT2D eigenvalue weighted by Gasteiger charge is -2.27. The highest BCUT2D eigenvalue weighted by Gasteiger charge is 2.27. The molecule has 4 heteroatoms. The van der Waals surface area contributed by atoms with Crippen molar-refractivity contribution in [2.24, 2.45) is 0 Å². The number of amides is 1. The molecule has 0 saturated carbocycles. The molecule has 1 amide bonds. The molecule has 2 aromatic carbocycles. The molecule has 4 nitrogen and oxygen atoms in total. The topological polar surface area (TPSA) is 38.8 Å². The van der Waals surface area contributed by atoms with Crippen molar-refractivity contribution in [2.45, 2.75) is 52.2 Å². The SMILES string of the molecule is C[C@H]1CN(C(=O)OC(C)(C)C)CCc2ccc(OCc3ccccc3)cc21. The van der Waals surface area contributed by atoms with Crippen molar-refractivity contribution < 1.29 is 14.3 Å². The molecule has 1 aliphatic rings. The summed E-state index contributed by atoms with van der Waals surface area (Å²) in [5.41, 5.74) is 3.21. The molecule has 1 aliphatic heterocycles. The molecule has 0 fully saturated rings. The van der Waals surface area contributed by atoms with Crippen molar-refractivity contribution in [3.63, 3.8) is 0 Å². The Labute approximate surface area is 162 Å². The lowest BCUT2D eigenvalue weighted by molar-refractivity contribution is 0.0248. The van der Waals surface area contributed by atoms with Gasteiger partial charge in [-0.2, -0.15) is 0 Å². The van der Waals surface area contributed by atoms with Gasteiger partial charge in [0.2, 0.25) is 0 Å². The highest BCUT2D eigenvalue weighted by Crippen LogP contribution is 2.30. The quantitative estimate of drug-likeness (QED) is 0.752. The number of carbonyl (C=O) groups is 1. The first-order valence-electron chi connectivity index (χ1n) is 9.59. The van der Waals surface area contributed by atoms with Gasteiger partial charge in [0.1, 0.15) is 18.0 Å². The summed E-state index contributed by atoms with van der Waals surface area (Å²) in [7, 11) is 0. The number of benzene rings is 2. The molecule has 2 aromatic rings. The zero-order valence-electron chi connectivity index (χ0n) is 16.7. The molecule has 0 unspecified atom stereocenters. The van der Waals surface area contributed by atoms with E-state index in [-0.39, 0.29) is 12.0 Å². The van der Waals surface area contributed by atoms with Crippen LogP contribution in [-0.4, -0.2) is 29.7 Å². The van der Waals surface area contributed by atoms with Crippen LogP contribution in [0.1, 0.15) is 50.3 Å². The molecule has 0 saturated heterocycles. The minimum absolute atomic E-state index is 0.232. The molecule has 0 aliphatic carbocycles. The number of nitrogens with zero attached hydrogens (tertiary/aromatic N) is 1. The van der Waals surface area contributed by atoms with E-state index in [2.05, 4.69) is 31.2 Å². The van der Waals surface area contributed by atoms with E-state index < -0.39 is 5.60 Å². The second-order valence-electron chi connectivity index (χ2n) is 8.21. The van der Waals surface area contributed by atoms with Gasteiger partial charge in [0, 0.05) is 13.1 Å². The van der Waals surface area contributed by atoms with E-state index in [9.17, 15) is 4.79 Å². The minimum atomic E-state index is -0.474. The lowest BCUT2D eigenvalue weighted by atomic mass is 9.95. The fraction of sp³-hybridized carbons (Fsp3) is 0.435. The number of fused-ring (bicyclic) bond motifs is 1. The molecule has 0 spiro atoms.